The Labute approximate surface area is 268 Å². The Morgan fingerprint density at radius 3 is 1.64 bits per heavy atom. The number of benzene rings is 6. The third-order valence-electron chi connectivity index (χ3n) is 7.75. The number of hydrogen-bond donors (Lipinski definition) is 3. The van der Waals surface area contributed by atoms with Crippen molar-refractivity contribution in [2.75, 3.05) is 7.05 Å². The molecule has 5 N–H and O–H groups in total. The molecule has 224 valence electrons. The van der Waals surface area contributed by atoms with Crippen molar-refractivity contribution in [1.29, 1.82) is 0 Å². The van der Waals surface area contributed by atoms with Crippen LogP contribution in [-0.4, -0.2) is 17.8 Å². The maximum atomic E-state index is 4.89. The summed E-state index contributed by atoms with van der Waals surface area (Å²) < 4.78 is 5.09. The van der Waals surface area contributed by atoms with Crippen LogP contribution in [0.15, 0.2) is 152 Å². The fourth-order valence-corrected chi connectivity index (χ4v) is 7.06. The number of aromatic nitrogens is 1. The average Bonchev–Trinajstić information content (AvgIpc) is 3.62. The second kappa shape index (κ2) is 13.9. The molecule has 0 aliphatic heterocycles. The molecule has 6 aromatic carbocycles. The second-order valence-corrected chi connectivity index (χ2v) is 12.1. The number of thiophene rings is 1. The minimum Gasteiger partial charge on any atom is -0.316 e. The van der Waals surface area contributed by atoms with Crippen LogP contribution >= 0.6 is 11.3 Å². The first kappa shape index (κ1) is 30.3. The summed E-state index contributed by atoms with van der Waals surface area (Å²) in [5, 5.41) is 8.75. The van der Waals surface area contributed by atoms with Crippen molar-refractivity contribution in [2.24, 2.45) is 11.5 Å². The molecule has 0 saturated heterocycles. The minimum atomic E-state index is -0.167. The normalized spacial score (nSPS) is 11.2. The van der Waals surface area contributed by atoms with Gasteiger partial charge in [0.25, 0.3) is 0 Å². The molecule has 0 atom stereocenters. The van der Waals surface area contributed by atoms with Crippen molar-refractivity contribution in [1.82, 2.24) is 9.88 Å². The summed E-state index contributed by atoms with van der Waals surface area (Å²) in [7, 11) is 1.99. The van der Waals surface area contributed by atoms with E-state index < -0.39 is 0 Å². The van der Waals surface area contributed by atoms with Crippen molar-refractivity contribution in [3.05, 3.63) is 163 Å². The van der Waals surface area contributed by atoms with Crippen LogP contribution < -0.4 is 16.8 Å². The zero-order chi connectivity index (χ0) is 31.2. The lowest BCUT2D eigenvalue weighted by Crippen LogP contribution is -2.25. The van der Waals surface area contributed by atoms with Crippen LogP contribution in [0.4, 0.5) is 0 Å². The summed E-state index contributed by atoms with van der Waals surface area (Å²) in [5.74, 6) is 0. The molecule has 2 heterocycles. The highest BCUT2D eigenvalue weighted by Gasteiger charge is 2.17. The van der Waals surface area contributed by atoms with Gasteiger partial charge >= 0.3 is 0 Å². The standard InChI is InChI=1S/C24H15NS.C14H15N.C2H8N2/c1-2-8-16(9-3-1)25-19-12-6-4-10-17(19)23-20(25)14-15-22-24(23)18-11-5-7-13-21(18)26-22;1-15-14(12-8-4-2-5-9-12)13-10-6-3-7-11-13;1-2(3)4/h1-15H;2-11,14-15H,1H3;2H,3-4H2,1H3. The van der Waals surface area contributed by atoms with Gasteiger partial charge in [0.05, 0.1) is 17.1 Å². The molecule has 8 rings (SSSR count). The molecule has 8 aromatic rings. The number of fused-ring (bicyclic) bond motifs is 7. The highest BCUT2D eigenvalue weighted by Crippen LogP contribution is 2.43. The van der Waals surface area contributed by atoms with Crippen LogP contribution in [0, 0.1) is 0 Å². The van der Waals surface area contributed by atoms with E-state index >= 15 is 0 Å². The smallest absolute Gasteiger partial charge is 0.0574 e. The van der Waals surface area contributed by atoms with Gasteiger partial charge in [-0.2, -0.15) is 0 Å². The first-order chi connectivity index (χ1) is 22.1. The average molecular weight is 607 g/mol. The monoisotopic (exact) mass is 606 g/mol. The van der Waals surface area contributed by atoms with Crippen molar-refractivity contribution < 1.29 is 0 Å². The molecule has 0 amide bonds. The first-order valence-electron chi connectivity index (χ1n) is 15.2. The number of hydrogen-bond acceptors (Lipinski definition) is 4. The predicted molar refractivity (Wildman–Crippen MR) is 195 cm³/mol. The third-order valence-corrected chi connectivity index (χ3v) is 8.88. The lowest BCUT2D eigenvalue weighted by Gasteiger charge is -2.16. The summed E-state index contributed by atoms with van der Waals surface area (Å²) in [4.78, 5) is 0. The van der Waals surface area contributed by atoms with Gasteiger partial charge in [0, 0.05) is 42.8 Å². The fraction of sp³-hybridized carbons (Fsp3) is 0.100. The van der Waals surface area contributed by atoms with Gasteiger partial charge in [-0.15, -0.1) is 11.3 Å². The van der Waals surface area contributed by atoms with Gasteiger partial charge in [-0.3, -0.25) is 0 Å². The number of nitrogens with zero attached hydrogens (tertiary/aromatic N) is 1. The second-order valence-electron chi connectivity index (χ2n) is 11.0. The van der Waals surface area contributed by atoms with E-state index in [1.165, 1.54) is 58.8 Å². The minimum absolute atomic E-state index is 0.167. The molecule has 0 bridgehead atoms. The molecule has 45 heavy (non-hydrogen) atoms. The Balaban J connectivity index is 0.000000160. The van der Waals surface area contributed by atoms with Crippen LogP contribution in [-0.2, 0) is 0 Å². The highest BCUT2D eigenvalue weighted by atomic mass is 32.1. The first-order valence-corrected chi connectivity index (χ1v) is 16.1. The van der Waals surface area contributed by atoms with E-state index in [4.69, 9.17) is 11.5 Å². The van der Waals surface area contributed by atoms with Crippen LogP contribution in [0.25, 0.3) is 47.7 Å². The molecule has 0 saturated carbocycles. The van der Waals surface area contributed by atoms with Gasteiger partial charge in [0.1, 0.15) is 0 Å². The van der Waals surface area contributed by atoms with Gasteiger partial charge in [-0.05, 0) is 61.5 Å². The van der Waals surface area contributed by atoms with Crippen LogP contribution in [0.5, 0.6) is 0 Å². The maximum absolute atomic E-state index is 4.89. The molecule has 0 spiro atoms. The number of nitrogens with two attached hydrogens (primary N) is 2. The zero-order valence-electron chi connectivity index (χ0n) is 25.6. The van der Waals surface area contributed by atoms with Gasteiger partial charge in [0.15, 0.2) is 0 Å². The van der Waals surface area contributed by atoms with E-state index in [0.717, 1.165) is 0 Å². The lowest BCUT2D eigenvalue weighted by molar-refractivity contribution is 0.692. The van der Waals surface area contributed by atoms with Crippen LogP contribution in [0.2, 0.25) is 0 Å². The molecular weight excluding hydrogens is 569 g/mol. The molecule has 0 unspecified atom stereocenters. The van der Waals surface area contributed by atoms with Crippen LogP contribution in [0.1, 0.15) is 24.1 Å². The Hall–Kier alpha value is -4.78. The number of rotatable bonds is 4. The highest BCUT2D eigenvalue weighted by molar-refractivity contribution is 7.26. The lowest BCUT2D eigenvalue weighted by atomic mass is 9.99. The van der Waals surface area contributed by atoms with E-state index in [2.05, 4.69) is 149 Å². The molecule has 2 aromatic heterocycles. The topological polar surface area (TPSA) is 69.0 Å². The fourth-order valence-electron chi connectivity index (χ4n) is 5.95. The summed E-state index contributed by atoms with van der Waals surface area (Å²) in [6.07, 6.45) is -0.167. The van der Waals surface area contributed by atoms with Crippen LogP contribution in [0.3, 0.4) is 0 Å². The van der Waals surface area contributed by atoms with Gasteiger partial charge in [-0.1, -0.05) is 115 Å². The SMILES string of the molecule is CC(N)N.CNC(c1ccccc1)c1ccccc1.c1ccc(-n2c3ccccc3c3c4c(ccc32)sc2ccccc24)cc1. The van der Waals surface area contributed by atoms with E-state index in [1.54, 1.807) is 6.92 Å². The van der Waals surface area contributed by atoms with E-state index in [-0.39, 0.29) is 12.2 Å². The molecular formula is C40H38N4S. The molecule has 0 radical (unpaired) electrons. The van der Waals surface area contributed by atoms with Gasteiger partial charge < -0.3 is 21.4 Å². The summed E-state index contributed by atoms with van der Waals surface area (Å²) >= 11 is 1.88. The number of nitrogens with one attached hydrogen (secondary N) is 1. The zero-order valence-corrected chi connectivity index (χ0v) is 26.4. The largest absolute Gasteiger partial charge is 0.316 e. The van der Waals surface area contributed by atoms with Crippen molar-refractivity contribution >= 4 is 53.3 Å². The van der Waals surface area contributed by atoms with Gasteiger partial charge in [0.2, 0.25) is 0 Å². The molecule has 0 aliphatic carbocycles. The Bertz CT molecular complexity index is 2090. The Morgan fingerprint density at radius 2 is 1.04 bits per heavy atom. The Kier molecular flexibility index (Phi) is 9.34. The quantitative estimate of drug-likeness (QED) is 0.175. The molecule has 0 aliphatic rings. The predicted octanol–water partition coefficient (Wildman–Crippen LogP) is 9.40. The van der Waals surface area contributed by atoms with E-state index in [0.29, 0.717) is 0 Å². The summed E-state index contributed by atoms with van der Waals surface area (Å²) in [5.41, 5.74) is 16.1. The van der Waals surface area contributed by atoms with Crippen molar-refractivity contribution in [2.45, 2.75) is 19.1 Å². The summed E-state index contributed by atoms with van der Waals surface area (Å²) in [6.45, 7) is 1.72. The van der Waals surface area contributed by atoms with E-state index in [1.807, 2.05) is 30.5 Å². The van der Waals surface area contributed by atoms with Crippen molar-refractivity contribution in [3.8, 4) is 5.69 Å². The molecule has 5 heteroatoms. The Morgan fingerprint density at radius 1 is 0.533 bits per heavy atom. The third kappa shape index (κ3) is 6.39. The number of para-hydroxylation sites is 2. The maximum Gasteiger partial charge on any atom is 0.0574 e. The van der Waals surface area contributed by atoms with Crippen molar-refractivity contribution in [3.63, 3.8) is 0 Å². The molecule has 0 fully saturated rings. The van der Waals surface area contributed by atoms with Gasteiger partial charge in [-0.25, -0.2) is 0 Å². The summed E-state index contributed by atoms with van der Waals surface area (Å²) in [6, 6.07) is 53.9. The van der Waals surface area contributed by atoms with E-state index in [9.17, 15) is 0 Å². The molecule has 4 nitrogen and oxygen atoms in total.